The molecule has 0 aromatic heterocycles. The SMILES string of the molecule is CCNC(=NCc1ccc(C(N)=O)cc1)NCC1(CCOCC)CCCC1.I. The molecule has 6 nitrogen and oxygen atoms in total. The van der Waals surface area contributed by atoms with E-state index in [1.165, 1.54) is 25.7 Å². The molecule has 0 unspecified atom stereocenters. The fraction of sp³-hybridized carbons (Fsp3) is 0.619. The van der Waals surface area contributed by atoms with Crippen molar-refractivity contribution in [1.82, 2.24) is 10.6 Å². The van der Waals surface area contributed by atoms with Gasteiger partial charge in [-0.15, -0.1) is 24.0 Å². The second kappa shape index (κ2) is 13.0. The molecular weight excluding hydrogens is 467 g/mol. The molecule has 0 aliphatic heterocycles. The molecule has 1 saturated carbocycles. The lowest BCUT2D eigenvalue weighted by atomic mass is 9.83. The minimum Gasteiger partial charge on any atom is -0.382 e. The van der Waals surface area contributed by atoms with Gasteiger partial charge >= 0.3 is 0 Å². The summed E-state index contributed by atoms with van der Waals surface area (Å²) >= 11 is 0. The van der Waals surface area contributed by atoms with Gasteiger partial charge in [-0.1, -0.05) is 25.0 Å². The third-order valence-corrected chi connectivity index (χ3v) is 5.28. The van der Waals surface area contributed by atoms with Gasteiger partial charge in [-0.3, -0.25) is 4.79 Å². The molecule has 0 heterocycles. The van der Waals surface area contributed by atoms with Crippen LogP contribution in [0.5, 0.6) is 0 Å². The number of nitrogens with zero attached hydrogens (tertiary/aromatic N) is 1. The standard InChI is InChI=1S/C21H34N4O2.HI/c1-3-23-20(24-15-17-7-9-18(10-8-17)19(22)26)25-16-21(11-5-6-12-21)13-14-27-4-2;/h7-10H,3-6,11-16H2,1-2H3,(H2,22,26)(H2,23,24,25);1H. The van der Waals surface area contributed by atoms with Crippen LogP contribution in [0.3, 0.4) is 0 Å². The van der Waals surface area contributed by atoms with Gasteiger partial charge in [-0.2, -0.15) is 0 Å². The van der Waals surface area contributed by atoms with Gasteiger partial charge in [0, 0.05) is 31.9 Å². The highest BCUT2D eigenvalue weighted by molar-refractivity contribution is 14.0. The third-order valence-electron chi connectivity index (χ3n) is 5.28. The Hall–Kier alpha value is -1.35. The number of primary amides is 1. The normalized spacial score (nSPS) is 15.7. The van der Waals surface area contributed by atoms with Gasteiger partial charge in [0.05, 0.1) is 6.54 Å². The van der Waals surface area contributed by atoms with E-state index in [4.69, 9.17) is 15.5 Å². The van der Waals surface area contributed by atoms with Crippen molar-refractivity contribution in [2.45, 2.75) is 52.5 Å². The van der Waals surface area contributed by atoms with Crippen LogP contribution in [0.25, 0.3) is 0 Å². The summed E-state index contributed by atoms with van der Waals surface area (Å²) in [6, 6.07) is 7.28. The number of hydrogen-bond acceptors (Lipinski definition) is 3. The fourth-order valence-electron chi connectivity index (χ4n) is 3.63. The summed E-state index contributed by atoms with van der Waals surface area (Å²) < 4.78 is 5.60. The predicted molar refractivity (Wildman–Crippen MR) is 125 cm³/mol. The smallest absolute Gasteiger partial charge is 0.248 e. The molecule has 1 fully saturated rings. The highest BCUT2D eigenvalue weighted by Gasteiger charge is 2.33. The van der Waals surface area contributed by atoms with Crippen LogP contribution in [-0.4, -0.2) is 38.2 Å². The van der Waals surface area contributed by atoms with Gasteiger partial charge in [0.15, 0.2) is 5.96 Å². The van der Waals surface area contributed by atoms with Crippen molar-refractivity contribution >= 4 is 35.8 Å². The van der Waals surface area contributed by atoms with E-state index >= 15 is 0 Å². The van der Waals surface area contributed by atoms with Crippen LogP contribution >= 0.6 is 24.0 Å². The Labute approximate surface area is 186 Å². The van der Waals surface area contributed by atoms with E-state index in [1.54, 1.807) is 12.1 Å². The molecule has 2 rings (SSSR count). The van der Waals surface area contributed by atoms with Crippen LogP contribution < -0.4 is 16.4 Å². The maximum atomic E-state index is 11.2. The Balaban J connectivity index is 0.00000392. The van der Waals surface area contributed by atoms with Gasteiger partial charge in [0.25, 0.3) is 0 Å². The molecule has 1 amide bonds. The van der Waals surface area contributed by atoms with Crippen molar-refractivity contribution in [2.24, 2.45) is 16.1 Å². The average molecular weight is 502 g/mol. The van der Waals surface area contributed by atoms with E-state index in [0.29, 0.717) is 17.5 Å². The molecule has 4 N–H and O–H groups in total. The summed E-state index contributed by atoms with van der Waals surface area (Å²) in [5, 5.41) is 6.86. The number of aliphatic imine (C=N–C) groups is 1. The monoisotopic (exact) mass is 502 g/mol. The van der Waals surface area contributed by atoms with Gasteiger partial charge < -0.3 is 21.1 Å². The molecule has 0 atom stereocenters. The number of amides is 1. The minimum atomic E-state index is -0.408. The van der Waals surface area contributed by atoms with E-state index in [2.05, 4.69) is 17.6 Å². The molecule has 0 saturated heterocycles. The molecule has 1 aromatic carbocycles. The number of guanidine groups is 1. The molecule has 0 bridgehead atoms. The van der Waals surface area contributed by atoms with E-state index in [-0.39, 0.29) is 24.0 Å². The summed E-state index contributed by atoms with van der Waals surface area (Å²) in [5.41, 5.74) is 7.16. The number of benzene rings is 1. The molecule has 1 aliphatic carbocycles. The highest BCUT2D eigenvalue weighted by atomic mass is 127. The lowest BCUT2D eigenvalue weighted by molar-refractivity contribution is 0.1000. The number of nitrogens with one attached hydrogen (secondary N) is 2. The van der Waals surface area contributed by atoms with Gasteiger partial charge in [0.2, 0.25) is 5.91 Å². The van der Waals surface area contributed by atoms with Gasteiger partial charge in [-0.05, 0) is 56.2 Å². The minimum absolute atomic E-state index is 0. The maximum Gasteiger partial charge on any atom is 0.248 e. The zero-order chi connectivity index (χ0) is 19.5. The van der Waals surface area contributed by atoms with E-state index in [0.717, 1.165) is 44.2 Å². The Bertz CT molecular complexity index is 613. The van der Waals surface area contributed by atoms with Crippen LogP contribution in [0.1, 0.15) is 61.9 Å². The van der Waals surface area contributed by atoms with Crippen LogP contribution in [-0.2, 0) is 11.3 Å². The number of carbonyl (C=O) groups is 1. The molecule has 1 aromatic rings. The van der Waals surface area contributed by atoms with Crippen molar-refractivity contribution in [3.8, 4) is 0 Å². The van der Waals surface area contributed by atoms with Gasteiger partial charge in [-0.25, -0.2) is 4.99 Å². The number of carbonyl (C=O) groups excluding carboxylic acids is 1. The summed E-state index contributed by atoms with van der Waals surface area (Å²) in [7, 11) is 0. The predicted octanol–water partition coefficient (Wildman–Crippen LogP) is 3.45. The first kappa shape index (κ1) is 24.7. The fourth-order valence-corrected chi connectivity index (χ4v) is 3.63. The Morgan fingerprint density at radius 2 is 1.86 bits per heavy atom. The number of ether oxygens (including phenoxy) is 1. The second-order valence-corrected chi connectivity index (χ2v) is 7.26. The summed E-state index contributed by atoms with van der Waals surface area (Å²) in [6.07, 6.45) is 6.20. The lowest BCUT2D eigenvalue weighted by Gasteiger charge is -2.30. The molecular formula is C21H35IN4O2. The highest BCUT2D eigenvalue weighted by Crippen LogP contribution is 2.40. The Kier molecular flexibility index (Phi) is 11.4. The summed E-state index contributed by atoms with van der Waals surface area (Å²) in [4.78, 5) is 15.9. The van der Waals surface area contributed by atoms with Crippen LogP contribution in [0.2, 0.25) is 0 Å². The first-order chi connectivity index (χ1) is 13.1. The number of hydrogen-bond donors (Lipinski definition) is 3. The molecule has 0 radical (unpaired) electrons. The first-order valence-corrected chi connectivity index (χ1v) is 10.1. The molecule has 0 spiro atoms. The number of rotatable bonds is 10. The van der Waals surface area contributed by atoms with Crippen LogP contribution in [0.15, 0.2) is 29.3 Å². The Morgan fingerprint density at radius 1 is 1.18 bits per heavy atom. The lowest BCUT2D eigenvalue weighted by Crippen LogP contribution is -2.43. The van der Waals surface area contributed by atoms with E-state index in [9.17, 15) is 4.79 Å². The molecule has 7 heteroatoms. The van der Waals surface area contributed by atoms with Crippen molar-refractivity contribution in [3.63, 3.8) is 0 Å². The quantitative estimate of drug-likeness (QED) is 0.198. The largest absolute Gasteiger partial charge is 0.382 e. The summed E-state index contributed by atoms with van der Waals surface area (Å²) in [5.74, 6) is 0.424. The maximum absolute atomic E-state index is 11.2. The first-order valence-electron chi connectivity index (χ1n) is 10.1. The zero-order valence-electron chi connectivity index (χ0n) is 17.1. The van der Waals surface area contributed by atoms with E-state index in [1.807, 2.05) is 19.1 Å². The van der Waals surface area contributed by atoms with Crippen molar-refractivity contribution < 1.29 is 9.53 Å². The van der Waals surface area contributed by atoms with Crippen LogP contribution in [0.4, 0.5) is 0 Å². The molecule has 1 aliphatic rings. The van der Waals surface area contributed by atoms with Crippen molar-refractivity contribution in [1.29, 1.82) is 0 Å². The number of nitrogens with two attached hydrogens (primary N) is 1. The van der Waals surface area contributed by atoms with Crippen molar-refractivity contribution in [3.05, 3.63) is 35.4 Å². The summed E-state index contributed by atoms with van der Waals surface area (Å²) in [6.45, 7) is 8.02. The number of halogens is 1. The molecule has 158 valence electrons. The van der Waals surface area contributed by atoms with Gasteiger partial charge in [0.1, 0.15) is 0 Å². The zero-order valence-corrected chi connectivity index (χ0v) is 19.5. The Morgan fingerprint density at radius 3 is 2.43 bits per heavy atom. The second-order valence-electron chi connectivity index (χ2n) is 7.26. The van der Waals surface area contributed by atoms with Crippen molar-refractivity contribution in [2.75, 3.05) is 26.3 Å². The topological polar surface area (TPSA) is 88.7 Å². The average Bonchev–Trinajstić information content (AvgIpc) is 3.13. The van der Waals surface area contributed by atoms with E-state index < -0.39 is 5.91 Å². The van der Waals surface area contributed by atoms with Crippen LogP contribution in [0, 0.1) is 5.41 Å². The third kappa shape index (κ3) is 7.95. The molecule has 28 heavy (non-hydrogen) atoms.